The second-order valence-electron chi connectivity index (χ2n) is 5.32. The molecule has 0 aliphatic carbocycles. The van der Waals surface area contributed by atoms with Gasteiger partial charge in [-0.15, -0.1) is 0 Å². The van der Waals surface area contributed by atoms with Crippen LogP contribution in [0.2, 0.25) is 0 Å². The summed E-state index contributed by atoms with van der Waals surface area (Å²) in [4.78, 5) is 24.9. The molecule has 1 amide bonds. The van der Waals surface area contributed by atoms with Crippen LogP contribution in [-0.2, 0) is 4.79 Å². The molecule has 1 aliphatic heterocycles. The van der Waals surface area contributed by atoms with E-state index in [4.69, 9.17) is 0 Å². The average molecular weight is 246 g/mol. The second-order valence-corrected chi connectivity index (χ2v) is 5.32. The molecule has 18 heavy (non-hydrogen) atoms. The normalized spacial score (nSPS) is 18.8. The summed E-state index contributed by atoms with van der Waals surface area (Å²) >= 11 is 0. The molecule has 1 aromatic rings. The SMILES string of the molecule is CC(=O)c1ccc(N2CC(C)(C)NCC2=O)cc1. The van der Waals surface area contributed by atoms with E-state index in [1.165, 1.54) is 6.92 Å². The third-order valence-corrected chi connectivity index (χ3v) is 3.16. The van der Waals surface area contributed by atoms with E-state index < -0.39 is 0 Å². The Bertz CT molecular complexity index is 477. The highest BCUT2D eigenvalue weighted by atomic mass is 16.2. The number of rotatable bonds is 2. The fourth-order valence-electron chi connectivity index (χ4n) is 2.06. The Kier molecular flexibility index (Phi) is 3.22. The number of benzene rings is 1. The molecule has 96 valence electrons. The maximum absolute atomic E-state index is 11.9. The van der Waals surface area contributed by atoms with Crippen LogP contribution < -0.4 is 10.2 Å². The minimum atomic E-state index is -0.0901. The third-order valence-electron chi connectivity index (χ3n) is 3.16. The lowest BCUT2D eigenvalue weighted by Crippen LogP contribution is -2.59. The van der Waals surface area contributed by atoms with Crippen molar-refractivity contribution in [1.82, 2.24) is 5.32 Å². The zero-order chi connectivity index (χ0) is 13.3. The molecule has 1 saturated heterocycles. The van der Waals surface area contributed by atoms with E-state index in [0.29, 0.717) is 18.7 Å². The number of nitrogens with one attached hydrogen (secondary N) is 1. The fraction of sp³-hybridized carbons (Fsp3) is 0.429. The molecule has 0 radical (unpaired) electrons. The first-order valence-corrected chi connectivity index (χ1v) is 6.05. The number of Topliss-reactive ketones (excluding diaryl/α,β-unsaturated/α-hetero) is 1. The highest BCUT2D eigenvalue weighted by molar-refractivity contribution is 5.97. The van der Waals surface area contributed by atoms with Crippen molar-refractivity contribution in [2.75, 3.05) is 18.0 Å². The molecular weight excluding hydrogens is 228 g/mol. The molecule has 0 bridgehead atoms. The van der Waals surface area contributed by atoms with E-state index >= 15 is 0 Å². The molecule has 0 aromatic heterocycles. The maximum atomic E-state index is 11.9. The van der Waals surface area contributed by atoms with Crippen molar-refractivity contribution in [2.45, 2.75) is 26.3 Å². The largest absolute Gasteiger partial charge is 0.309 e. The zero-order valence-corrected chi connectivity index (χ0v) is 11.0. The van der Waals surface area contributed by atoms with Crippen LogP contribution in [0.25, 0.3) is 0 Å². The van der Waals surface area contributed by atoms with E-state index in [2.05, 4.69) is 19.2 Å². The van der Waals surface area contributed by atoms with Gasteiger partial charge in [-0.05, 0) is 45.0 Å². The van der Waals surface area contributed by atoms with Crippen molar-refractivity contribution >= 4 is 17.4 Å². The number of hydrogen-bond donors (Lipinski definition) is 1. The molecule has 4 heteroatoms. The standard InChI is InChI=1S/C14H18N2O2/c1-10(17)11-4-6-12(7-5-11)16-9-14(2,3)15-8-13(16)18/h4-7,15H,8-9H2,1-3H3. The van der Waals surface area contributed by atoms with Crippen LogP contribution >= 0.6 is 0 Å². The summed E-state index contributed by atoms with van der Waals surface area (Å²) in [6.45, 7) is 6.65. The topological polar surface area (TPSA) is 49.4 Å². The number of piperazine rings is 1. The van der Waals surface area contributed by atoms with Crippen LogP contribution in [0.3, 0.4) is 0 Å². The summed E-state index contributed by atoms with van der Waals surface area (Å²) < 4.78 is 0. The molecule has 1 aromatic carbocycles. The average Bonchev–Trinajstić information content (AvgIpc) is 2.32. The number of hydrogen-bond acceptors (Lipinski definition) is 3. The maximum Gasteiger partial charge on any atom is 0.241 e. The molecule has 4 nitrogen and oxygen atoms in total. The Morgan fingerprint density at radius 1 is 1.28 bits per heavy atom. The molecule has 0 atom stereocenters. The van der Waals surface area contributed by atoms with Gasteiger partial charge in [0.2, 0.25) is 5.91 Å². The van der Waals surface area contributed by atoms with E-state index in [0.717, 1.165) is 5.69 Å². The Morgan fingerprint density at radius 3 is 2.44 bits per heavy atom. The molecular formula is C14H18N2O2. The van der Waals surface area contributed by atoms with Gasteiger partial charge in [0.05, 0.1) is 6.54 Å². The molecule has 1 heterocycles. The number of amides is 1. The first-order chi connectivity index (χ1) is 8.39. The predicted molar refractivity (Wildman–Crippen MR) is 70.9 cm³/mol. The fourth-order valence-corrected chi connectivity index (χ4v) is 2.06. The summed E-state index contributed by atoms with van der Waals surface area (Å²) in [6, 6.07) is 7.19. The molecule has 1 fully saturated rings. The summed E-state index contributed by atoms with van der Waals surface area (Å²) in [6.07, 6.45) is 0. The third kappa shape index (κ3) is 2.59. The molecule has 0 spiro atoms. The first-order valence-electron chi connectivity index (χ1n) is 6.05. The van der Waals surface area contributed by atoms with Crippen molar-refractivity contribution in [2.24, 2.45) is 0 Å². The lowest BCUT2D eigenvalue weighted by Gasteiger charge is -2.38. The van der Waals surface area contributed by atoms with Crippen LogP contribution in [0.15, 0.2) is 24.3 Å². The van der Waals surface area contributed by atoms with Crippen molar-refractivity contribution in [3.8, 4) is 0 Å². The number of carbonyl (C=O) groups excluding carboxylic acids is 2. The van der Waals surface area contributed by atoms with Crippen molar-refractivity contribution in [1.29, 1.82) is 0 Å². The molecule has 2 rings (SSSR count). The van der Waals surface area contributed by atoms with Gasteiger partial charge in [-0.25, -0.2) is 0 Å². The molecule has 0 unspecified atom stereocenters. The highest BCUT2D eigenvalue weighted by Crippen LogP contribution is 2.21. The van der Waals surface area contributed by atoms with Crippen LogP contribution in [0.4, 0.5) is 5.69 Å². The van der Waals surface area contributed by atoms with E-state index in [9.17, 15) is 9.59 Å². The minimum absolute atomic E-state index is 0.0357. The van der Waals surface area contributed by atoms with Crippen molar-refractivity contribution < 1.29 is 9.59 Å². The van der Waals surface area contributed by atoms with Gasteiger partial charge in [0, 0.05) is 23.3 Å². The van der Waals surface area contributed by atoms with Crippen LogP contribution in [0, 0.1) is 0 Å². The van der Waals surface area contributed by atoms with Gasteiger partial charge in [0.15, 0.2) is 5.78 Å². The van der Waals surface area contributed by atoms with Crippen molar-refractivity contribution in [3.63, 3.8) is 0 Å². The van der Waals surface area contributed by atoms with Gasteiger partial charge >= 0.3 is 0 Å². The second kappa shape index (κ2) is 4.53. The monoisotopic (exact) mass is 246 g/mol. The zero-order valence-electron chi connectivity index (χ0n) is 11.0. The lowest BCUT2D eigenvalue weighted by molar-refractivity contribution is -0.119. The Morgan fingerprint density at radius 2 is 1.89 bits per heavy atom. The number of anilines is 1. The highest BCUT2D eigenvalue weighted by Gasteiger charge is 2.31. The van der Waals surface area contributed by atoms with Crippen LogP contribution in [0.5, 0.6) is 0 Å². The number of nitrogens with zero attached hydrogens (tertiary/aromatic N) is 1. The van der Waals surface area contributed by atoms with E-state index in [-0.39, 0.29) is 17.2 Å². The van der Waals surface area contributed by atoms with E-state index in [1.807, 2.05) is 12.1 Å². The first kappa shape index (κ1) is 12.8. The molecule has 0 saturated carbocycles. The Balaban J connectivity index is 2.24. The van der Waals surface area contributed by atoms with Gasteiger partial charge in [0.25, 0.3) is 0 Å². The van der Waals surface area contributed by atoms with Gasteiger partial charge in [-0.3, -0.25) is 9.59 Å². The quantitative estimate of drug-likeness (QED) is 0.806. The summed E-state index contributed by atoms with van der Waals surface area (Å²) in [5, 5.41) is 3.19. The predicted octanol–water partition coefficient (Wildman–Crippen LogP) is 1.60. The van der Waals surface area contributed by atoms with Gasteiger partial charge < -0.3 is 10.2 Å². The number of ketones is 1. The summed E-state index contributed by atoms with van der Waals surface area (Å²) in [5.41, 5.74) is 1.42. The van der Waals surface area contributed by atoms with E-state index in [1.54, 1.807) is 17.0 Å². The smallest absolute Gasteiger partial charge is 0.241 e. The van der Waals surface area contributed by atoms with Crippen molar-refractivity contribution in [3.05, 3.63) is 29.8 Å². The molecule has 1 N–H and O–H groups in total. The van der Waals surface area contributed by atoms with Crippen LogP contribution in [-0.4, -0.2) is 30.3 Å². The lowest BCUT2D eigenvalue weighted by atomic mass is 10.0. The number of carbonyl (C=O) groups is 2. The minimum Gasteiger partial charge on any atom is -0.309 e. The van der Waals surface area contributed by atoms with Gasteiger partial charge in [0.1, 0.15) is 0 Å². The Hall–Kier alpha value is -1.68. The van der Waals surface area contributed by atoms with Gasteiger partial charge in [-0.2, -0.15) is 0 Å². The molecule has 1 aliphatic rings. The summed E-state index contributed by atoms with van der Waals surface area (Å²) in [7, 11) is 0. The Labute approximate surface area is 107 Å². The van der Waals surface area contributed by atoms with Gasteiger partial charge in [-0.1, -0.05) is 0 Å². The van der Waals surface area contributed by atoms with Crippen LogP contribution in [0.1, 0.15) is 31.1 Å². The summed E-state index contributed by atoms with van der Waals surface area (Å²) in [5.74, 6) is 0.0958.